The summed E-state index contributed by atoms with van der Waals surface area (Å²) in [4.78, 5) is 11.6. The summed E-state index contributed by atoms with van der Waals surface area (Å²) in [5.74, 6) is -0.0417. The standard InChI is InChI=1S/C10H17N3O.2C2H6/c1-7-6-13(12-8(7)2)10(3,4)9(14)11-5;2*1-2/h6H,1-5H3,(H,11,14);2*1-2H3. The van der Waals surface area contributed by atoms with Crippen LogP contribution in [0.15, 0.2) is 6.20 Å². The van der Waals surface area contributed by atoms with Crippen molar-refractivity contribution in [2.75, 3.05) is 7.05 Å². The molecule has 1 amide bonds. The van der Waals surface area contributed by atoms with Crippen molar-refractivity contribution in [1.82, 2.24) is 15.1 Å². The lowest BCUT2D eigenvalue weighted by atomic mass is 10.1. The highest BCUT2D eigenvalue weighted by Gasteiger charge is 2.29. The minimum Gasteiger partial charge on any atom is -0.357 e. The van der Waals surface area contributed by atoms with Crippen LogP contribution in [0.4, 0.5) is 0 Å². The van der Waals surface area contributed by atoms with Crippen LogP contribution in [0.2, 0.25) is 0 Å². The predicted molar refractivity (Wildman–Crippen MR) is 77.8 cm³/mol. The average Bonchev–Trinajstić information content (AvgIpc) is 2.74. The molecule has 0 saturated carbocycles. The fourth-order valence-electron chi connectivity index (χ4n) is 1.24. The van der Waals surface area contributed by atoms with Crippen LogP contribution in [0.1, 0.15) is 52.8 Å². The number of nitrogens with zero attached hydrogens (tertiary/aromatic N) is 2. The van der Waals surface area contributed by atoms with Gasteiger partial charge in [-0.3, -0.25) is 9.48 Å². The van der Waals surface area contributed by atoms with Crippen LogP contribution in [0.3, 0.4) is 0 Å². The molecule has 0 aliphatic rings. The van der Waals surface area contributed by atoms with Crippen LogP contribution >= 0.6 is 0 Å². The van der Waals surface area contributed by atoms with E-state index < -0.39 is 5.54 Å². The summed E-state index contributed by atoms with van der Waals surface area (Å²) in [5, 5.41) is 6.94. The Morgan fingerprint density at radius 3 is 1.94 bits per heavy atom. The van der Waals surface area contributed by atoms with Gasteiger partial charge in [0.05, 0.1) is 5.69 Å². The Labute approximate surface area is 112 Å². The second kappa shape index (κ2) is 8.72. The van der Waals surface area contributed by atoms with Crippen molar-refractivity contribution < 1.29 is 4.79 Å². The molecule has 0 aliphatic heterocycles. The van der Waals surface area contributed by atoms with Crippen molar-refractivity contribution in [2.45, 2.75) is 60.9 Å². The zero-order chi connectivity index (χ0) is 14.9. The van der Waals surface area contributed by atoms with Gasteiger partial charge in [-0.05, 0) is 33.3 Å². The highest BCUT2D eigenvalue weighted by atomic mass is 16.2. The van der Waals surface area contributed by atoms with E-state index in [1.165, 1.54) is 0 Å². The Morgan fingerprint density at radius 1 is 1.22 bits per heavy atom. The van der Waals surface area contributed by atoms with E-state index in [-0.39, 0.29) is 5.91 Å². The number of carbonyl (C=O) groups is 1. The number of hydrogen-bond donors (Lipinski definition) is 1. The van der Waals surface area contributed by atoms with Gasteiger partial charge in [0.25, 0.3) is 0 Å². The summed E-state index contributed by atoms with van der Waals surface area (Å²) < 4.78 is 1.70. The second-order valence-electron chi connectivity index (χ2n) is 3.98. The maximum atomic E-state index is 11.6. The molecule has 0 fully saturated rings. The number of amides is 1. The second-order valence-corrected chi connectivity index (χ2v) is 3.98. The first-order valence-electron chi connectivity index (χ1n) is 6.65. The molecule has 0 aromatic carbocycles. The molecule has 0 unspecified atom stereocenters. The van der Waals surface area contributed by atoms with Gasteiger partial charge in [-0.25, -0.2) is 0 Å². The lowest BCUT2D eigenvalue weighted by molar-refractivity contribution is -0.128. The third kappa shape index (κ3) is 4.51. The van der Waals surface area contributed by atoms with Gasteiger partial charge in [-0.1, -0.05) is 27.7 Å². The number of carbonyl (C=O) groups excluding carboxylic acids is 1. The topological polar surface area (TPSA) is 46.9 Å². The Hall–Kier alpha value is -1.32. The fraction of sp³-hybridized carbons (Fsp3) is 0.714. The molecule has 106 valence electrons. The lowest BCUT2D eigenvalue weighted by Crippen LogP contribution is -2.43. The highest BCUT2D eigenvalue weighted by Crippen LogP contribution is 2.16. The molecule has 0 aliphatic carbocycles. The van der Waals surface area contributed by atoms with Crippen molar-refractivity contribution in [3.05, 3.63) is 17.5 Å². The van der Waals surface area contributed by atoms with E-state index >= 15 is 0 Å². The molecule has 1 rings (SSSR count). The fourth-order valence-corrected chi connectivity index (χ4v) is 1.24. The number of aryl methyl sites for hydroxylation is 2. The summed E-state index contributed by atoms with van der Waals surface area (Å²) in [6.45, 7) is 15.6. The molecule has 1 N–H and O–H groups in total. The van der Waals surface area contributed by atoms with E-state index in [9.17, 15) is 4.79 Å². The zero-order valence-corrected chi connectivity index (χ0v) is 13.4. The first kappa shape index (κ1) is 19.0. The maximum Gasteiger partial charge on any atom is 0.247 e. The van der Waals surface area contributed by atoms with Crippen molar-refractivity contribution in [2.24, 2.45) is 0 Å². The lowest BCUT2D eigenvalue weighted by Gasteiger charge is -2.23. The van der Waals surface area contributed by atoms with Crippen LogP contribution in [0.25, 0.3) is 0 Å². The molecule has 1 aromatic rings. The Morgan fingerprint density at radius 2 is 1.67 bits per heavy atom. The van der Waals surface area contributed by atoms with E-state index in [0.29, 0.717) is 0 Å². The maximum absolute atomic E-state index is 11.6. The Balaban J connectivity index is 0. The van der Waals surface area contributed by atoms with Crippen LogP contribution in [-0.4, -0.2) is 22.7 Å². The first-order chi connectivity index (χ1) is 8.39. The van der Waals surface area contributed by atoms with E-state index in [0.717, 1.165) is 11.3 Å². The van der Waals surface area contributed by atoms with Crippen molar-refractivity contribution in [3.8, 4) is 0 Å². The smallest absolute Gasteiger partial charge is 0.247 e. The van der Waals surface area contributed by atoms with Crippen molar-refractivity contribution in [1.29, 1.82) is 0 Å². The largest absolute Gasteiger partial charge is 0.357 e. The van der Waals surface area contributed by atoms with E-state index in [1.807, 2.05) is 61.6 Å². The number of likely N-dealkylation sites (N-methyl/N-ethyl adjacent to an activating group) is 1. The molecule has 0 bridgehead atoms. The minimum atomic E-state index is -0.631. The van der Waals surface area contributed by atoms with Crippen molar-refractivity contribution >= 4 is 5.91 Å². The summed E-state index contributed by atoms with van der Waals surface area (Å²) >= 11 is 0. The summed E-state index contributed by atoms with van der Waals surface area (Å²) in [6.07, 6.45) is 1.89. The Kier molecular flexibility index (Phi) is 9.22. The molecule has 0 saturated heterocycles. The van der Waals surface area contributed by atoms with Gasteiger partial charge in [-0.2, -0.15) is 5.10 Å². The number of hydrogen-bond acceptors (Lipinski definition) is 2. The Bertz CT molecular complexity index is 334. The predicted octanol–water partition coefficient (Wildman–Crippen LogP) is 3.03. The molecule has 1 aromatic heterocycles. The minimum absolute atomic E-state index is 0.0417. The van der Waals surface area contributed by atoms with Gasteiger partial charge in [0.2, 0.25) is 5.91 Å². The van der Waals surface area contributed by atoms with Gasteiger partial charge in [0, 0.05) is 13.2 Å². The van der Waals surface area contributed by atoms with Gasteiger partial charge in [-0.15, -0.1) is 0 Å². The molecule has 0 atom stereocenters. The highest BCUT2D eigenvalue weighted by molar-refractivity contribution is 5.83. The summed E-state index contributed by atoms with van der Waals surface area (Å²) in [7, 11) is 1.63. The molecule has 18 heavy (non-hydrogen) atoms. The molecule has 1 heterocycles. The van der Waals surface area contributed by atoms with E-state index in [1.54, 1.807) is 11.7 Å². The number of rotatable bonds is 2. The molecular formula is C14H29N3O. The summed E-state index contributed by atoms with van der Waals surface area (Å²) in [5.41, 5.74) is 1.43. The van der Waals surface area contributed by atoms with Crippen LogP contribution < -0.4 is 5.32 Å². The first-order valence-corrected chi connectivity index (χ1v) is 6.65. The van der Waals surface area contributed by atoms with E-state index in [4.69, 9.17) is 0 Å². The van der Waals surface area contributed by atoms with Gasteiger partial charge in [0.1, 0.15) is 5.54 Å². The van der Waals surface area contributed by atoms with Crippen molar-refractivity contribution in [3.63, 3.8) is 0 Å². The molecular weight excluding hydrogens is 226 g/mol. The molecule has 0 radical (unpaired) electrons. The van der Waals surface area contributed by atoms with Gasteiger partial charge >= 0.3 is 0 Å². The third-order valence-corrected chi connectivity index (χ3v) is 2.50. The number of aromatic nitrogens is 2. The molecule has 4 heteroatoms. The third-order valence-electron chi connectivity index (χ3n) is 2.50. The van der Waals surface area contributed by atoms with Crippen LogP contribution in [-0.2, 0) is 10.3 Å². The molecule has 0 spiro atoms. The SMILES string of the molecule is CC.CC.CNC(=O)C(C)(C)n1cc(C)c(C)n1. The summed E-state index contributed by atoms with van der Waals surface area (Å²) in [6, 6.07) is 0. The monoisotopic (exact) mass is 255 g/mol. The van der Waals surface area contributed by atoms with E-state index in [2.05, 4.69) is 10.4 Å². The zero-order valence-electron chi connectivity index (χ0n) is 13.4. The molecule has 4 nitrogen and oxygen atoms in total. The van der Waals surface area contributed by atoms with Gasteiger partial charge in [0.15, 0.2) is 0 Å². The number of nitrogens with one attached hydrogen (secondary N) is 1. The quantitative estimate of drug-likeness (QED) is 0.883. The van der Waals surface area contributed by atoms with Crippen LogP contribution in [0.5, 0.6) is 0 Å². The van der Waals surface area contributed by atoms with Crippen LogP contribution in [0, 0.1) is 13.8 Å². The normalized spacial score (nSPS) is 9.61. The van der Waals surface area contributed by atoms with Gasteiger partial charge < -0.3 is 5.32 Å². The average molecular weight is 255 g/mol.